The normalized spacial score (nSPS) is 17.9. The molecule has 0 bridgehead atoms. The first-order valence-corrected chi connectivity index (χ1v) is 6.24. The zero-order valence-corrected chi connectivity index (χ0v) is 10.3. The van der Waals surface area contributed by atoms with Crippen LogP contribution in [0.15, 0.2) is 60.7 Å². The Balaban J connectivity index is 1.72. The third kappa shape index (κ3) is 2.83. The molecular weight excluding hydrogens is 241 g/mol. The lowest BCUT2D eigenvalue weighted by atomic mass is 10.1. The molecule has 1 heterocycles. The number of benzene rings is 2. The van der Waals surface area contributed by atoms with Crippen LogP contribution in [0.2, 0.25) is 0 Å². The molecule has 0 saturated heterocycles. The van der Waals surface area contributed by atoms with Gasteiger partial charge in [-0.05, 0) is 41.5 Å². The van der Waals surface area contributed by atoms with E-state index in [0.29, 0.717) is 0 Å². The summed E-state index contributed by atoms with van der Waals surface area (Å²) in [5.41, 5.74) is 5.95. The molecule has 1 atom stereocenters. The molecule has 2 nitrogen and oxygen atoms in total. The maximum absolute atomic E-state index is 12.9. The average molecular weight is 255 g/mol. The zero-order chi connectivity index (χ0) is 13.1. The quantitative estimate of drug-likeness (QED) is 0.908. The first-order valence-electron chi connectivity index (χ1n) is 6.24. The molecule has 2 aromatic carbocycles. The van der Waals surface area contributed by atoms with Crippen molar-refractivity contribution >= 4 is 5.70 Å². The van der Waals surface area contributed by atoms with Gasteiger partial charge < -0.3 is 0 Å². The van der Waals surface area contributed by atoms with Crippen LogP contribution in [-0.4, -0.2) is 6.10 Å². The molecule has 3 heteroatoms. The third-order valence-corrected chi connectivity index (χ3v) is 3.11. The van der Waals surface area contributed by atoms with Gasteiger partial charge in [0.15, 0.2) is 0 Å². The molecule has 96 valence electrons. The van der Waals surface area contributed by atoms with Crippen molar-refractivity contribution in [2.45, 2.75) is 12.5 Å². The molecule has 0 saturated carbocycles. The molecule has 0 aliphatic carbocycles. The van der Waals surface area contributed by atoms with Crippen LogP contribution in [0, 0.1) is 5.82 Å². The van der Waals surface area contributed by atoms with E-state index in [2.05, 4.69) is 17.6 Å². The van der Waals surface area contributed by atoms with Gasteiger partial charge in [0.25, 0.3) is 0 Å². The van der Waals surface area contributed by atoms with Crippen molar-refractivity contribution in [2.75, 3.05) is 0 Å². The highest BCUT2D eigenvalue weighted by atomic mass is 19.1. The molecule has 1 unspecified atom stereocenters. The van der Waals surface area contributed by atoms with Crippen LogP contribution in [0.3, 0.4) is 0 Å². The second kappa shape index (κ2) is 5.24. The van der Waals surface area contributed by atoms with E-state index in [9.17, 15) is 4.39 Å². The molecular formula is C16H14FNO. The van der Waals surface area contributed by atoms with Crippen LogP contribution in [0.5, 0.6) is 0 Å². The van der Waals surface area contributed by atoms with Crippen molar-refractivity contribution in [2.24, 2.45) is 0 Å². The molecule has 0 radical (unpaired) electrons. The highest BCUT2D eigenvalue weighted by molar-refractivity contribution is 5.64. The first kappa shape index (κ1) is 11.9. The summed E-state index contributed by atoms with van der Waals surface area (Å²) in [6.07, 6.45) is 2.85. The van der Waals surface area contributed by atoms with Gasteiger partial charge >= 0.3 is 0 Å². The minimum atomic E-state index is -0.232. The minimum absolute atomic E-state index is 0.00227. The topological polar surface area (TPSA) is 21.3 Å². The standard InChI is InChI=1S/C16H14FNO/c17-14-8-6-13(7-9-14)16-11-15(19-18-16)10-12-4-2-1-3-5-12/h1-9,11,15,18H,10H2. The first-order chi connectivity index (χ1) is 9.31. The average Bonchev–Trinajstić information content (AvgIpc) is 2.89. The smallest absolute Gasteiger partial charge is 0.123 e. The number of halogens is 1. The van der Waals surface area contributed by atoms with Gasteiger partial charge in [0.1, 0.15) is 11.9 Å². The predicted molar refractivity (Wildman–Crippen MR) is 72.5 cm³/mol. The fourth-order valence-corrected chi connectivity index (χ4v) is 2.12. The van der Waals surface area contributed by atoms with Gasteiger partial charge in [-0.1, -0.05) is 30.3 Å². The Morgan fingerprint density at radius 1 is 1.00 bits per heavy atom. The number of nitrogens with one attached hydrogen (secondary N) is 1. The summed E-state index contributed by atoms with van der Waals surface area (Å²) < 4.78 is 12.9. The highest BCUT2D eigenvalue weighted by Crippen LogP contribution is 2.20. The Morgan fingerprint density at radius 3 is 2.47 bits per heavy atom. The van der Waals surface area contributed by atoms with Crippen molar-refractivity contribution in [3.8, 4) is 0 Å². The summed E-state index contributed by atoms with van der Waals surface area (Å²) in [6, 6.07) is 16.6. The Morgan fingerprint density at radius 2 is 1.74 bits per heavy atom. The lowest BCUT2D eigenvalue weighted by Crippen LogP contribution is -2.14. The van der Waals surface area contributed by atoms with Crippen LogP contribution in [0.25, 0.3) is 5.70 Å². The maximum atomic E-state index is 12.9. The number of rotatable bonds is 3. The summed E-state index contributed by atoms with van der Waals surface area (Å²) >= 11 is 0. The van der Waals surface area contributed by atoms with Crippen molar-refractivity contribution in [1.29, 1.82) is 0 Å². The second-order valence-corrected chi connectivity index (χ2v) is 4.54. The maximum Gasteiger partial charge on any atom is 0.123 e. The molecule has 0 fully saturated rings. The molecule has 19 heavy (non-hydrogen) atoms. The van der Waals surface area contributed by atoms with Crippen molar-refractivity contribution in [1.82, 2.24) is 5.48 Å². The molecule has 0 aromatic heterocycles. The Labute approximate surface area is 111 Å². The van der Waals surface area contributed by atoms with E-state index >= 15 is 0 Å². The number of hydrogen-bond acceptors (Lipinski definition) is 2. The van der Waals surface area contributed by atoms with E-state index in [1.165, 1.54) is 17.7 Å². The van der Waals surface area contributed by atoms with E-state index in [1.807, 2.05) is 24.3 Å². The third-order valence-electron chi connectivity index (χ3n) is 3.11. The highest BCUT2D eigenvalue weighted by Gasteiger charge is 2.17. The van der Waals surface area contributed by atoms with Gasteiger partial charge in [0.05, 0.1) is 5.70 Å². The Hall–Kier alpha value is -2.13. The van der Waals surface area contributed by atoms with E-state index in [0.717, 1.165) is 17.7 Å². The van der Waals surface area contributed by atoms with Crippen molar-refractivity contribution in [3.05, 3.63) is 77.6 Å². The molecule has 0 spiro atoms. The fraction of sp³-hybridized carbons (Fsp3) is 0.125. The molecule has 2 aromatic rings. The minimum Gasteiger partial charge on any atom is -0.268 e. The van der Waals surface area contributed by atoms with Crippen LogP contribution in [0.1, 0.15) is 11.1 Å². The second-order valence-electron chi connectivity index (χ2n) is 4.54. The Bertz CT molecular complexity index is 577. The van der Waals surface area contributed by atoms with Crippen molar-refractivity contribution < 1.29 is 9.23 Å². The summed E-state index contributed by atoms with van der Waals surface area (Å²) in [7, 11) is 0. The van der Waals surface area contributed by atoms with Gasteiger partial charge in [-0.2, -0.15) is 0 Å². The van der Waals surface area contributed by atoms with Crippen LogP contribution >= 0.6 is 0 Å². The molecule has 0 amide bonds. The lowest BCUT2D eigenvalue weighted by molar-refractivity contribution is 0.0519. The summed E-state index contributed by atoms with van der Waals surface area (Å²) in [5, 5.41) is 0. The molecule has 1 aliphatic heterocycles. The predicted octanol–water partition coefficient (Wildman–Crippen LogP) is 3.31. The van der Waals surface area contributed by atoms with E-state index in [-0.39, 0.29) is 11.9 Å². The fourth-order valence-electron chi connectivity index (χ4n) is 2.12. The number of hydrogen-bond donors (Lipinski definition) is 1. The van der Waals surface area contributed by atoms with Crippen LogP contribution in [0.4, 0.5) is 4.39 Å². The molecule has 3 rings (SSSR count). The zero-order valence-electron chi connectivity index (χ0n) is 10.3. The summed E-state index contributed by atoms with van der Waals surface area (Å²) in [4.78, 5) is 5.52. The van der Waals surface area contributed by atoms with Crippen LogP contribution in [-0.2, 0) is 11.3 Å². The van der Waals surface area contributed by atoms with Gasteiger partial charge in [-0.25, -0.2) is 4.39 Å². The van der Waals surface area contributed by atoms with Gasteiger partial charge in [0.2, 0.25) is 0 Å². The molecule has 1 aliphatic rings. The van der Waals surface area contributed by atoms with Gasteiger partial charge in [0, 0.05) is 6.42 Å². The van der Waals surface area contributed by atoms with E-state index in [1.54, 1.807) is 12.1 Å². The SMILES string of the molecule is Fc1ccc(C2=CC(Cc3ccccc3)ON2)cc1. The number of hydroxylamine groups is 1. The van der Waals surface area contributed by atoms with E-state index in [4.69, 9.17) is 4.84 Å². The summed E-state index contributed by atoms with van der Waals surface area (Å²) in [6.45, 7) is 0. The summed E-state index contributed by atoms with van der Waals surface area (Å²) in [5.74, 6) is -0.232. The van der Waals surface area contributed by atoms with Crippen LogP contribution < -0.4 is 5.48 Å². The lowest BCUT2D eigenvalue weighted by Gasteiger charge is -2.07. The van der Waals surface area contributed by atoms with Crippen molar-refractivity contribution in [3.63, 3.8) is 0 Å². The molecule has 1 N–H and O–H groups in total. The monoisotopic (exact) mass is 255 g/mol. The van der Waals surface area contributed by atoms with Gasteiger partial charge in [-0.3, -0.25) is 10.3 Å². The van der Waals surface area contributed by atoms with E-state index < -0.39 is 0 Å². The Kier molecular flexibility index (Phi) is 3.29. The van der Waals surface area contributed by atoms with Gasteiger partial charge in [-0.15, -0.1) is 0 Å². The largest absolute Gasteiger partial charge is 0.268 e.